The van der Waals surface area contributed by atoms with Gasteiger partial charge in [0.25, 0.3) is 0 Å². The summed E-state index contributed by atoms with van der Waals surface area (Å²) in [5.74, 6) is -0.199. The molecule has 2 aromatic rings. The SMILES string of the molecule is CCCCNC(=O)NC(=O)CSc1nc2ccccc2[nH]1. The highest BCUT2D eigenvalue weighted by atomic mass is 32.2. The predicted octanol–water partition coefficient (Wildman–Crippen LogP) is 2.28. The molecule has 0 saturated heterocycles. The topological polar surface area (TPSA) is 86.9 Å². The number of fused-ring (bicyclic) bond motifs is 1. The number of hydrogen-bond donors (Lipinski definition) is 3. The van der Waals surface area contributed by atoms with Gasteiger partial charge in [-0.05, 0) is 18.6 Å². The summed E-state index contributed by atoms with van der Waals surface area (Å²) < 4.78 is 0. The van der Waals surface area contributed by atoms with Crippen molar-refractivity contribution in [2.75, 3.05) is 12.3 Å². The molecule has 6 nitrogen and oxygen atoms in total. The number of aromatic amines is 1. The number of urea groups is 1. The number of unbranched alkanes of at least 4 members (excludes halogenated alkanes) is 1. The van der Waals surface area contributed by atoms with Gasteiger partial charge in [0.05, 0.1) is 16.8 Å². The van der Waals surface area contributed by atoms with Gasteiger partial charge in [-0.1, -0.05) is 37.2 Å². The van der Waals surface area contributed by atoms with Crippen LogP contribution in [-0.2, 0) is 4.79 Å². The molecular weight excluding hydrogens is 288 g/mol. The average Bonchev–Trinajstić information content (AvgIpc) is 2.88. The molecule has 1 heterocycles. The van der Waals surface area contributed by atoms with Crippen LogP contribution in [0, 0.1) is 0 Å². The largest absolute Gasteiger partial charge is 0.338 e. The van der Waals surface area contributed by atoms with Gasteiger partial charge in [0.15, 0.2) is 5.16 Å². The molecule has 7 heteroatoms. The fourth-order valence-electron chi connectivity index (χ4n) is 1.72. The smallest absolute Gasteiger partial charge is 0.321 e. The highest BCUT2D eigenvalue weighted by Gasteiger charge is 2.09. The minimum Gasteiger partial charge on any atom is -0.338 e. The zero-order chi connectivity index (χ0) is 15.1. The highest BCUT2D eigenvalue weighted by molar-refractivity contribution is 7.99. The van der Waals surface area contributed by atoms with Crippen LogP contribution in [0.2, 0.25) is 0 Å². The van der Waals surface area contributed by atoms with Gasteiger partial charge in [-0.25, -0.2) is 9.78 Å². The van der Waals surface area contributed by atoms with Gasteiger partial charge < -0.3 is 10.3 Å². The second-order valence-electron chi connectivity index (χ2n) is 4.51. The summed E-state index contributed by atoms with van der Waals surface area (Å²) in [5, 5.41) is 5.59. The lowest BCUT2D eigenvalue weighted by molar-refractivity contribution is -0.117. The van der Waals surface area contributed by atoms with Gasteiger partial charge in [-0.15, -0.1) is 0 Å². The van der Waals surface area contributed by atoms with Crippen molar-refractivity contribution in [3.8, 4) is 0 Å². The lowest BCUT2D eigenvalue weighted by Gasteiger charge is -2.05. The number of aromatic nitrogens is 2. The third-order valence-corrected chi connectivity index (χ3v) is 3.65. The van der Waals surface area contributed by atoms with Crippen LogP contribution in [-0.4, -0.2) is 34.2 Å². The zero-order valence-electron chi connectivity index (χ0n) is 11.8. The second-order valence-corrected chi connectivity index (χ2v) is 5.47. The number of nitrogens with zero attached hydrogens (tertiary/aromatic N) is 1. The number of thioether (sulfide) groups is 1. The zero-order valence-corrected chi connectivity index (χ0v) is 12.6. The Morgan fingerprint density at radius 1 is 1.33 bits per heavy atom. The first-order valence-corrected chi connectivity index (χ1v) is 7.83. The van der Waals surface area contributed by atoms with E-state index in [2.05, 4.69) is 20.6 Å². The Bertz CT molecular complexity index is 593. The Morgan fingerprint density at radius 2 is 2.14 bits per heavy atom. The molecule has 0 atom stereocenters. The Balaban J connectivity index is 1.77. The van der Waals surface area contributed by atoms with E-state index >= 15 is 0 Å². The quantitative estimate of drug-likeness (QED) is 0.564. The van der Waals surface area contributed by atoms with Crippen LogP contribution in [0.5, 0.6) is 0 Å². The highest BCUT2D eigenvalue weighted by Crippen LogP contribution is 2.18. The van der Waals surface area contributed by atoms with Crippen LogP contribution < -0.4 is 10.6 Å². The minimum atomic E-state index is -0.446. The molecule has 3 amide bonds. The van der Waals surface area contributed by atoms with E-state index in [9.17, 15) is 9.59 Å². The molecule has 2 rings (SSSR count). The fraction of sp³-hybridized carbons (Fsp3) is 0.357. The molecule has 0 radical (unpaired) electrons. The number of carbonyl (C=O) groups excluding carboxylic acids is 2. The van der Waals surface area contributed by atoms with E-state index in [1.165, 1.54) is 11.8 Å². The molecule has 0 aliphatic carbocycles. The molecule has 3 N–H and O–H groups in total. The average molecular weight is 306 g/mol. The Kier molecular flexibility index (Phi) is 5.62. The van der Waals surface area contributed by atoms with Crippen molar-refractivity contribution < 1.29 is 9.59 Å². The number of benzene rings is 1. The minimum absolute atomic E-state index is 0.140. The number of nitrogens with one attached hydrogen (secondary N) is 3. The van der Waals surface area contributed by atoms with E-state index in [1.807, 2.05) is 31.2 Å². The molecular formula is C14H18N4O2S. The maximum Gasteiger partial charge on any atom is 0.321 e. The van der Waals surface area contributed by atoms with Crippen LogP contribution >= 0.6 is 11.8 Å². The number of amides is 3. The van der Waals surface area contributed by atoms with Crippen molar-refractivity contribution in [3.63, 3.8) is 0 Å². The van der Waals surface area contributed by atoms with Crippen molar-refractivity contribution in [1.29, 1.82) is 0 Å². The van der Waals surface area contributed by atoms with Gasteiger partial charge in [0, 0.05) is 6.54 Å². The summed E-state index contributed by atoms with van der Waals surface area (Å²) in [7, 11) is 0. The first kappa shape index (κ1) is 15.4. The standard InChI is InChI=1S/C14H18N4O2S/c1-2-3-8-15-13(20)18-12(19)9-21-14-16-10-6-4-5-7-11(10)17-14/h4-7H,2-3,8-9H2,1H3,(H,16,17)(H2,15,18,19,20). The number of H-pyrrole nitrogens is 1. The Labute approximate surface area is 127 Å². The Hall–Kier alpha value is -2.02. The van der Waals surface area contributed by atoms with Crippen molar-refractivity contribution in [2.45, 2.75) is 24.9 Å². The molecule has 1 aromatic carbocycles. The third-order valence-electron chi connectivity index (χ3n) is 2.78. The van der Waals surface area contributed by atoms with Gasteiger partial charge >= 0.3 is 6.03 Å². The molecule has 0 aliphatic rings. The molecule has 112 valence electrons. The number of para-hydroxylation sites is 2. The van der Waals surface area contributed by atoms with Crippen molar-refractivity contribution in [1.82, 2.24) is 20.6 Å². The van der Waals surface area contributed by atoms with E-state index in [-0.39, 0.29) is 11.7 Å². The maximum atomic E-state index is 11.6. The number of imidazole rings is 1. The Morgan fingerprint density at radius 3 is 2.90 bits per heavy atom. The van der Waals surface area contributed by atoms with E-state index in [0.29, 0.717) is 11.7 Å². The molecule has 1 aromatic heterocycles. The molecule has 0 spiro atoms. The number of imide groups is 1. The van der Waals surface area contributed by atoms with Crippen LogP contribution in [0.3, 0.4) is 0 Å². The fourth-order valence-corrected chi connectivity index (χ4v) is 2.40. The van der Waals surface area contributed by atoms with Gasteiger partial charge in [-0.2, -0.15) is 0 Å². The number of rotatable bonds is 6. The van der Waals surface area contributed by atoms with Crippen LogP contribution in [0.1, 0.15) is 19.8 Å². The van der Waals surface area contributed by atoms with Gasteiger partial charge in [-0.3, -0.25) is 10.1 Å². The molecule has 0 saturated carbocycles. The van der Waals surface area contributed by atoms with E-state index in [0.717, 1.165) is 23.9 Å². The summed E-state index contributed by atoms with van der Waals surface area (Å²) in [6, 6.07) is 7.21. The third kappa shape index (κ3) is 4.78. The lowest BCUT2D eigenvalue weighted by atomic mass is 10.3. The molecule has 21 heavy (non-hydrogen) atoms. The van der Waals surface area contributed by atoms with Crippen molar-refractivity contribution in [3.05, 3.63) is 24.3 Å². The van der Waals surface area contributed by atoms with Gasteiger partial charge in [0.2, 0.25) is 5.91 Å². The van der Waals surface area contributed by atoms with Crippen LogP contribution in [0.4, 0.5) is 4.79 Å². The van der Waals surface area contributed by atoms with Gasteiger partial charge in [0.1, 0.15) is 0 Å². The molecule has 0 unspecified atom stereocenters. The number of carbonyl (C=O) groups is 2. The van der Waals surface area contributed by atoms with Crippen molar-refractivity contribution in [2.24, 2.45) is 0 Å². The normalized spacial score (nSPS) is 10.5. The first-order valence-electron chi connectivity index (χ1n) is 6.84. The predicted molar refractivity (Wildman–Crippen MR) is 83.3 cm³/mol. The summed E-state index contributed by atoms with van der Waals surface area (Å²) in [5.41, 5.74) is 1.79. The van der Waals surface area contributed by atoms with Crippen LogP contribution in [0.15, 0.2) is 29.4 Å². The monoisotopic (exact) mass is 306 g/mol. The van der Waals surface area contributed by atoms with E-state index in [4.69, 9.17) is 0 Å². The molecule has 0 aliphatic heterocycles. The first-order chi connectivity index (χ1) is 10.2. The van der Waals surface area contributed by atoms with Crippen LogP contribution in [0.25, 0.3) is 11.0 Å². The lowest BCUT2D eigenvalue weighted by Crippen LogP contribution is -2.40. The van der Waals surface area contributed by atoms with E-state index in [1.54, 1.807) is 0 Å². The summed E-state index contributed by atoms with van der Waals surface area (Å²) in [6.07, 6.45) is 1.89. The van der Waals surface area contributed by atoms with Crippen molar-refractivity contribution >= 4 is 34.7 Å². The second kappa shape index (κ2) is 7.68. The molecule has 0 fully saturated rings. The van der Waals surface area contributed by atoms with E-state index < -0.39 is 6.03 Å². The summed E-state index contributed by atoms with van der Waals surface area (Å²) in [4.78, 5) is 30.5. The summed E-state index contributed by atoms with van der Waals surface area (Å²) in [6.45, 7) is 2.61. The molecule has 0 bridgehead atoms. The number of hydrogen-bond acceptors (Lipinski definition) is 4. The summed E-state index contributed by atoms with van der Waals surface area (Å²) >= 11 is 1.27. The maximum absolute atomic E-state index is 11.6.